The van der Waals surface area contributed by atoms with Crippen LogP contribution in [0, 0.1) is 6.92 Å². The van der Waals surface area contributed by atoms with Crippen molar-refractivity contribution >= 4 is 23.4 Å². The molecule has 0 bridgehead atoms. The summed E-state index contributed by atoms with van der Waals surface area (Å²) in [5.41, 5.74) is 3.05. The lowest BCUT2D eigenvalue weighted by molar-refractivity contribution is 1.05. The van der Waals surface area contributed by atoms with Gasteiger partial charge in [-0.1, -0.05) is 18.2 Å². The Labute approximate surface area is 106 Å². The van der Waals surface area contributed by atoms with Gasteiger partial charge in [0.25, 0.3) is 0 Å². The van der Waals surface area contributed by atoms with E-state index in [-0.39, 0.29) is 0 Å². The molecule has 0 saturated heterocycles. The molecular weight excluding hydrogens is 230 g/mol. The summed E-state index contributed by atoms with van der Waals surface area (Å²) in [5.74, 6) is 1.58. The molecule has 0 radical (unpaired) electrons. The third-order valence-corrected chi connectivity index (χ3v) is 2.81. The summed E-state index contributed by atoms with van der Waals surface area (Å²) in [6, 6.07) is 12.0. The number of para-hydroxylation sites is 1. The van der Waals surface area contributed by atoms with E-state index in [1.807, 2.05) is 43.3 Å². The molecule has 88 valence electrons. The maximum atomic E-state index is 4.48. The highest BCUT2D eigenvalue weighted by molar-refractivity contribution is 7.97. The van der Waals surface area contributed by atoms with Crippen molar-refractivity contribution in [1.29, 1.82) is 0 Å². The van der Waals surface area contributed by atoms with Gasteiger partial charge in [0.2, 0.25) is 5.95 Å². The Hall–Kier alpha value is -1.55. The molecule has 2 aromatic rings. The first-order valence-electron chi connectivity index (χ1n) is 5.43. The highest BCUT2D eigenvalue weighted by Crippen LogP contribution is 2.15. The molecule has 4 heteroatoms. The number of nitrogens with zero attached hydrogens (tertiary/aromatic N) is 2. The largest absolute Gasteiger partial charge is 0.324 e. The minimum atomic E-state index is 0.667. The zero-order valence-electron chi connectivity index (χ0n) is 9.97. The molecule has 0 aliphatic rings. The van der Waals surface area contributed by atoms with Gasteiger partial charge >= 0.3 is 0 Å². The van der Waals surface area contributed by atoms with Gasteiger partial charge in [0.15, 0.2) is 0 Å². The molecule has 2 rings (SSSR count). The summed E-state index contributed by atoms with van der Waals surface area (Å²) in [4.78, 5) is 8.86. The van der Waals surface area contributed by atoms with Crippen LogP contribution < -0.4 is 5.32 Å². The van der Waals surface area contributed by atoms with Crippen LogP contribution in [0.25, 0.3) is 0 Å². The Kier molecular flexibility index (Phi) is 3.98. The smallest absolute Gasteiger partial charge is 0.227 e. The summed E-state index contributed by atoms with van der Waals surface area (Å²) in [6.07, 6.45) is 2.07. The summed E-state index contributed by atoms with van der Waals surface area (Å²) in [7, 11) is 0. The second kappa shape index (κ2) is 5.68. The number of anilines is 2. The molecule has 0 aliphatic carbocycles. The van der Waals surface area contributed by atoms with Crippen LogP contribution in [0.2, 0.25) is 0 Å². The number of thioether (sulfide) groups is 1. The molecule has 1 aromatic carbocycles. The topological polar surface area (TPSA) is 37.8 Å². The van der Waals surface area contributed by atoms with Gasteiger partial charge in [-0.3, -0.25) is 0 Å². The Morgan fingerprint density at radius 2 is 1.94 bits per heavy atom. The molecule has 0 aliphatic heterocycles. The number of rotatable bonds is 4. The fourth-order valence-electron chi connectivity index (χ4n) is 1.56. The Balaban J connectivity index is 2.21. The molecule has 1 heterocycles. The summed E-state index contributed by atoms with van der Waals surface area (Å²) in [5, 5.41) is 3.21. The summed E-state index contributed by atoms with van der Waals surface area (Å²) >= 11 is 1.76. The highest BCUT2D eigenvalue weighted by atomic mass is 32.2. The van der Waals surface area contributed by atoms with Crippen molar-refractivity contribution < 1.29 is 0 Å². The van der Waals surface area contributed by atoms with Crippen LogP contribution in [0.3, 0.4) is 0 Å². The maximum absolute atomic E-state index is 4.48. The first kappa shape index (κ1) is 11.9. The van der Waals surface area contributed by atoms with Crippen LogP contribution in [0.1, 0.15) is 11.4 Å². The molecule has 1 aromatic heterocycles. The van der Waals surface area contributed by atoms with E-state index in [4.69, 9.17) is 0 Å². The van der Waals surface area contributed by atoms with Crippen LogP contribution in [0.15, 0.2) is 36.4 Å². The average molecular weight is 245 g/mol. The molecule has 0 atom stereocenters. The Morgan fingerprint density at radius 3 is 2.65 bits per heavy atom. The number of aromatic nitrogens is 2. The molecular formula is C13H15N3S. The van der Waals surface area contributed by atoms with Crippen LogP contribution in [-0.2, 0) is 5.75 Å². The monoisotopic (exact) mass is 245 g/mol. The van der Waals surface area contributed by atoms with Crippen LogP contribution in [0.4, 0.5) is 11.6 Å². The molecule has 0 unspecified atom stereocenters. The maximum Gasteiger partial charge on any atom is 0.227 e. The lowest BCUT2D eigenvalue weighted by Gasteiger charge is -2.07. The van der Waals surface area contributed by atoms with Gasteiger partial charge in [-0.15, -0.1) is 0 Å². The SMILES string of the molecule is CSCc1cc(C)nc(Nc2ccccc2)n1. The highest BCUT2D eigenvalue weighted by Gasteiger charge is 2.02. The Bertz CT molecular complexity index is 485. The van der Waals surface area contributed by atoms with Gasteiger partial charge < -0.3 is 5.32 Å². The van der Waals surface area contributed by atoms with E-state index in [1.54, 1.807) is 11.8 Å². The standard InChI is InChI=1S/C13H15N3S/c1-10-8-12(9-17-2)16-13(14-10)15-11-6-4-3-5-7-11/h3-8H,9H2,1-2H3,(H,14,15,16). The predicted molar refractivity (Wildman–Crippen MR) is 73.7 cm³/mol. The molecule has 0 spiro atoms. The number of nitrogens with one attached hydrogen (secondary N) is 1. The van der Waals surface area contributed by atoms with Gasteiger partial charge in [-0.05, 0) is 31.4 Å². The predicted octanol–water partition coefficient (Wildman–Crippen LogP) is 3.39. The van der Waals surface area contributed by atoms with E-state index in [1.165, 1.54) is 0 Å². The molecule has 0 saturated carbocycles. The molecule has 0 amide bonds. The third kappa shape index (κ3) is 3.46. The van der Waals surface area contributed by atoms with E-state index in [2.05, 4.69) is 21.5 Å². The lowest BCUT2D eigenvalue weighted by Crippen LogP contribution is -2.01. The fourth-order valence-corrected chi connectivity index (χ4v) is 2.01. The van der Waals surface area contributed by atoms with E-state index in [0.29, 0.717) is 5.95 Å². The second-order valence-electron chi connectivity index (χ2n) is 3.75. The lowest BCUT2D eigenvalue weighted by atomic mass is 10.3. The third-order valence-electron chi connectivity index (χ3n) is 2.23. The first-order chi connectivity index (χ1) is 8.28. The number of hydrogen-bond acceptors (Lipinski definition) is 4. The fraction of sp³-hybridized carbons (Fsp3) is 0.231. The molecule has 1 N–H and O–H groups in total. The number of aryl methyl sites for hydroxylation is 1. The molecule has 0 fully saturated rings. The molecule has 17 heavy (non-hydrogen) atoms. The molecule has 3 nitrogen and oxygen atoms in total. The van der Waals surface area contributed by atoms with Crippen molar-refractivity contribution in [2.24, 2.45) is 0 Å². The van der Waals surface area contributed by atoms with Gasteiger partial charge in [-0.2, -0.15) is 11.8 Å². The van der Waals surface area contributed by atoms with Gasteiger partial charge in [0, 0.05) is 17.1 Å². The van der Waals surface area contributed by atoms with E-state index < -0.39 is 0 Å². The Morgan fingerprint density at radius 1 is 1.18 bits per heavy atom. The minimum Gasteiger partial charge on any atom is -0.324 e. The zero-order chi connectivity index (χ0) is 12.1. The second-order valence-corrected chi connectivity index (χ2v) is 4.61. The quantitative estimate of drug-likeness (QED) is 0.896. The van der Waals surface area contributed by atoms with Crippen LogP contribution >= 0.6 is 11.8 Å². The zero-order valence-corrected chi connectivity index (χ0v) is 10.8. The van der Waals surface area contributed by atoms with Crippen molar-refractivity contribution in [2.45, 2.75) is 12.7 Å². The summed E-state index contributed by atoms with van der Waals surface area (Å²) in [6.45, 7) is 1.99. The van der Waals surface area contributed by atoms with Gasteiger partial charge in [0.1, 0.15) is 0 Å². The van der Waals surface area contributed by atoms with Crippen molar-refractivity contribution in [1.82, 2.24) is 9.97 Å². The van der Waals surface area contributed by atoms with Crippen molar-refractivity contribution in [3.8, 4) is 0 Å². The van der Waals surface area contributed by atoms with Crippen molar-refractivity contribution in [3.63, 3.8) is 0 Å². The van der Waals surface area contributed by atoms with Crippen LogP contribution in [0.5, 0.6) is 0 Å². The number of benzene rings is 1. The van der Waals surface area contributed by atoms with E-state index >= 15 is 0 Å². The van der Waals surface area contributed by atoms with Crippen molar-refractivity contribution in [2.75, 3.05) is 11.6 Å². The average Bonchev–Trinajstić information content (AvgIpc) is 2.30. The summed E-state index contributed by atoms with van der Waals surface area (Å²) < 4.78 is 0. The van der Waals surface area contributed by atoms with E-state index in [9.17, 15) is 0 Å². The van der Waals surface area contributed by atoms with E-state index in [0.717, 1.165) is 22.8 Å². The van der Waals surface area contributed by atoms with Crippen LogP contribution in [-0.4, -0.2) is 16.2 Å². The van der Waals surface area contributed by atoms with Gasteiger partial charge in [0.05, 0.1) is 5.69 Å². The van der Waals surface area contributed by atoms with Crippen molar-refractivity contribution in [3.05, 3.63) is 47.8 Å². The van der Waals surface area contributed by atoms with Gasteiger partial charge in [-0.25, -0.2) is 9.97 Å². The normalized spacial score (nSPS) is 10.2. The number of hydrogen-bond donors (Lipinski definition) is 1. The minimum absolute atomic E-state index is 0.667. The first-order valence-corrected chi connectivity index (χ1v) is 6.83.